The molecule has 0 aromatic heterocycles. The minimum Gasteiger partial charge on any atom is -0.394 e. The molecule has 0 aromatic rings. The van der Waals surface area contributed by atoms with E-state index in [2.05, 4.69) is 0 Å². The van der Waals surface area contributed by atoms with Crippen LogP contribution in [0, 0.1) is 0 Å². The molecule has 0 bridgehead atoms. The Bertz CT molecular complexity index is 182. The lowest BCUT2D eigenvalue weighted by atomic mass is 9.96. The second-order valence-corrected chi connectivity index (χ2v) is 2.93. The van der Waals surface area contributed by atoms with Gasteiger partial charge in [-0.2, -0.15) is 0 Å². The van der Waals surface area contributed by atoms with Crippen molar-refractivity contribution in [2.45, 2.75) is 30.5 Å². The van der Waals surface area contributed by atoms with E-state index >= 15 is 0 Å². The van der Waals surface area contributed by atoms with E-state index in [4.69, 9.17) is 9.84 Å². The highest BCUT2D eigenvalue weighted by molar-refractivity contribution is 5.57. The number of carbonyl (C=O) groups is 1. The number of carbonyl (C=O) groups excluding carboxylic acids is 1. The minimum absolute atomic E-state index is 0.322. The van der Waals surface area contributed by atoms with Gasteiger partial charge in [0.1, 0.15) is 30.5 Å². The van der Waals surface area contributed by atoms with Crippen molar-refractivity contribution in [3.8, 4) is 0 Å². The third-order valence-electron chi connectivity index (χ3n) is 2.06. The highest BCUT2D eigenvalue weighted by atomic mass is 16.5. The summed E-state index contributed by atoms with van der Waals surface area (Å²) in [6, 6.07) is 0. The Hall–Kier alpha value is -0.530. The largest absolute Gasteiger partial charge is 0.394 e. The monoisotopic (exact) mass is 192 g/mol. The van der Waals surface area contributed by atoms with E-state index in [-0.39, 0.29) is 0 Å². The van der Waals surface area contributed by atoms with Crippen molar-refractivity contribution in [3.05, 3.63) is 0 Å². The minimum atomic E-state index is -1.47. The maximum absolute atomic E-state index is 10.3. The van der Waals surface area contributed by atoms with Gasteiger partial charge in [-0.15, -0.1) is 0 Å². The fourth-order valence-electron chi connectivity index (χ4n) is 1.24. The van der Waals surface area contributed by atoms with E-state index in [9.17, 15) is 20.1 Å². The fourth-order valence-corrected chi connectivity index (χ4v) is 1.24. The molecule has 0 aromatic carbocycles. The summed E-state index contributed by atoms with van der Waals surface area (Å²) in [5.74, 6) is 0. The van der Waals surface area contributed by atoms with Gasteiger partial charge in [0.2, 0.25) is 0 Å². The zero-order chi connectivity index (χ0) is 10.0. The molecule has 1 unspecified atom stereocenters. The average Bonchev–Trinajstić information content (AvgIpc) is 2.15. The summed E-state index contributed by atoms with van der Waals surface area (Å²) in [5, 5.41) is 36.3. The van der Waals surface area contributed by atoms with Crippen LogP contribution in [0.3, 0.4) is 0 Å². The number of ether oxygens (including phenoxy) is 1. The molecule has 0 saturated carbocycles. The lowest BCUT2D eigenvalue weighted by molar-refractivity contribution is -0.221. The topological polar surface area (TPSA) is 107 Å². The van der Waals surface area contributed by atoms with Crippen LogP contribution in [0.5, 0.6) is 0 Å². The van der Waals surface area contributed by atoms with E-state index in [0.29, 0.717) is 6.29 Å². The smallest absolute Gasteiger partial charge is 0.151 e. The molecule has 1 rings (SSSR count). The SMILES string of the molecule is O=CC1O[C@H](CO)[C@@H](O)[C@H](O)[C@H]1O. The van der Waals surface area contributed by atoms with Gasteiger partial charge < -0.3 is 30.0 Å². The maximum atomic E-state index is 10.3. The predicted molar refractivity (Wildman–Crippen MR) is 39.8 cm³/mol. The molecule has 1 aliphatic rings. The van der Waals surface area contributed by atoms with E-state index in [1.54, 1.807) is 0 Å². The lowest BCUT2D eigenvalue weighted by Crippen LogP contribution is -2.58. The Morgan fingerprint density at radius 2 is 1.77 bits per heavy atom. The first kappa shape index (κ1) is 10.6. The Morgan fingerprint density at radius 3 is 2.23 bits per heavy atom. The first-order chi connectivity index (χ1) is 6.11. The molecule has 13 heavy (non-hydrogen) atoms. The molecule has 6 heteroatoms. The molecular weight excluding hydrogens is 180 g/mol. The number of hydrogen-bond acceptors (Lipinski definition) is 6. The predicted octanol–water partition coefficient (Wildman–Crippen LogP) is -2.97. The summed E-state index contributed by atoms with van der Waals surface area (Å²) in [6.45, 7) is -0.519. The van der Waals surface area contributed by atoms with Crippen molar-refractivity contribution in [2.24, 2.45) is 0 Å². The van der Waals surface area contributed by atoms with Crippen LogP contribution in [-0.2, 0) is 9.53 Å². The standard InChI is InChI=1S/C7H12O6/c8-1-3-5(10)7(12)6(11)4(2-9)13-3/h1,3-7,9-12H,2H2/t3?,4-,5+,6-,7-/m1/s1. The molecular formula is C7H12O6. The second-order valence-electron chi connectivity index (χ2n) is 2.93. The van der Waals surface area contributed by atoms with Crippen molar-refractivity contribution < 1.29 is 30.0 Å². The normalized spacial score (nSPS) is 46.0. The van der Waals surface area contributed by atoms with Crippen LogP contribution in [-0.4, -0.2) is 63.8 Å². The third kappa shape index (κ3) is 1.87. The van der Waals surface area contributed by atoms with Crippen LogP contribution in [0.2, 0.25) is 0 Å². The number of aliphatic hydroxyl groups excluding tert-OH is 4. The molecule has 6 nitrogen and oxygen atoms in total. The molecule has 0 amide bonds. The van der Waals surface area contributed by atoms with Gasteiger partial charge in [0.05, 0.1) is 6.61 Å². The quantitative estimate of drug-likeness (QED) is 0.348. The highest BCUT2D eigenvalue weighted by Gasteiger charge is 2.43. The summed E-state index contributed by atoms with van der Waals surface area (Å²) >= 11 is 0. The summed E-state index contributed by atoms with van der Waals surface area (Å²) in [5.41, 5.74) is 0. The van der Waals surface area contributed by atoms with Crippen LogP contribution in [0.25, 0.3) is 0 Å². The van der Waals surface area contributed by atoms with Crippen molar-refractivity contribution in [3.63, 3.8) is 0 Å². The second kappa shape index (κ2) is 4.12. The average molecular weight is 192 g/mol. The zero-order valence-corrected chi connectivity index (χ0v) is 6.78. The molecule has 1 heterocycles. The first-order valence-corrected chi connectivity index (χ1v) is 3.87. The molecule has 0 aliphatic carbocycles. The molecule has 1 aliphatic heterocycles. The summed E-state index contributed by atoms with van der Waals surface area (Å²) < 4.78 is 4.80. The molecule has 5 atom stereocenters. The van der Waals surface area contributed by atoms with E-state index < -0.39 is 37.1 Å². The Morgan fingerprint density at radius 1 is 1.15 bits per heavy atom. The van der Waals surface area contributed by atoms with E-state index in [1.165, 1.54) is 0 Å². The van der Waals surface area contributed by atoms with Crippen molar-refractivity contribution in [2.75, 3.05) is 6.61 Å². The summed E-state index contributed by atoms with van der Waals surface area (Å²) in [6.07, 6.45) is -6.21. The van der Waals surface area contributed by atoms with Crippen molar-refractivity contribution in [1.82, 2.24) is 0 Å². The molecule has 0 radical (unpaired) electrons. The molecule has 4 N–H and O–H groups in total. The van der Waals surface area contributed by atoms with Gasteiger partial charge in [0.25, 0.3) is 0 Å². The first-order valence-electron chi connectivity index (χ1n) is 3.87. The summed E-state index contributed by atoms with van der Waals surface area (Å²) in [7, 11) is 0. The third-order valence-corrected chi connectivity index (χ3v) is 2.06. The van der Waals surface area contributed by atoms with Crippen LogP contribution >= 0.6 is 0 Å². The van der Waals surface area contributed by atoms with Gasteiger partial charge in [-0.1, -0.05) is 0 Å². The number of hydrogen-bond donors (Lipinski definition) is 4. The van der Waals surface area contributed by atoms with Gasteiger partial charge in [0.15, 0.2) is 6.29 Å². The number of aliphatic hydroxyl groups is 4. The van der Waals surface area contributed by atoms with Crippen LogP contribution < -0.4 is 0 Å². The van der Waals surface area contributed by atoms with Crippen LogP contribution in [0.1, 0.15) is 0 Å². The maximum Gasteiger partial charge on any atom is 0.151 e. The molecule has 0 spiro atoms. The Balaban J connectivity index is 2.71. The summed E-state index contributed by atoms with van der Waals surface area (Å²) in [4.78, 5) is 10.3. The zero-order valence-electron chi connectivity index (χ0n) is 6.78. The van der Waals surface area contributed by atoms with Gasteiger partial charge in [-0.25, -0.2) is 0 Å². The van der Waals surface area contributed by atoms with E-state index in [1.807, 2.05) is 0 Å². The Labute approximate surface area is 74.4 Å². The fraction of sp³-hybridized carbons (Fsp3) is 0.857. The molecule has 1 saturated heterocycles. The van der Waals surface area contributed by atoms with Crippen LogP contribution in [0.15, 0.2) is 0 Å². The molecule has 1 fully saturated rings. The van der Waals surface area contributed by atoms with Crippen molar-refractivity contribution in [1.29, 1.82) is 0 Å². The van der Waals surface area contributed by atoms with Gasteiger partial charge >= 0.3 is 0 Å². The van der Waals surface area contributed by atoms with Gasteiger partial charge in [0, 0.05) is 0 Å². The van der Waals surface area contributed by atoms with Crippen LogP contribution in [0.4, 0.5) is 0 Å². The highest BCUT2D eigenvalue weighted by Crippen LogP contribution is 2.19. The number of aldehydes is 1. The van der Waals surface area contributed by atoms with E-state index in [0.717, 1.165) is 0 Å². The van der Waals surface area contributed by atoms with Gasteiger partial charge in [-0.05, 0) is 0 Å². The lowest BCUT2D eigenvalue weighted by Gasteiger charge is -2.37. The Kier molecular flexibility index (Phi) is 3.34. The van der Waals surface area contributed by atoms with Gasteiger partial charge in [-0.3, -0.25) is 0 Å². The van der Waals surface area contributed by atoms with Crippen molar-refractivity contribution >= 4 is 6.29 Å². The molecule has 76 valence electrons. The number of rotatable bonds is 2.